The molecule has 3 nitrogen and oxygen atoms in total. The fourth-order valence-electron chi connectivity index (χ4n) is 2.20. The van der Waals surface area contributed by atoms with E-state index < -0.39 is 0 Å². The van der Waals surface area contributed by atoms with Crippen molar-refractivity contribution in [2.75, 3.05) is 26.7 Å². The summed E-state index contributed by atoms with van der Waals surface area (Å²) in [6.07, 6.45) is 6.54. The molecular weight excluding hydrogens is 218 g/mol. The quantitative estimate of drug-likeness (QED) is 0.727. The molecule has 2 fully saturated rings. The van der Waals surface area contributed by atoms with Crippen LogP contribution in [0.25, 0.3) is 0 Å². The van der Waals surface area contributed by atoms with E-state index in [0.717, 1.165) is 17.6 Å². The summed E-state index contributed by atoms with van der Waals surface area (Å²) in [5.74, 6) is 0.896. The number of likely N-dealkylation sites (tertiary alicyclic amines) is 1. The van der Waals surface area contributed by atoms with Gasteiger partial charge in [-0.2, -0.15) is 0 Å². The summed E-state index contributed by atoms with van der Waals surface area (Å²) in [4.78, 5) is 2.42. The molecule has 16 heavy (non-hydrogen) atoms. The number of hydrogen-bond donors (Lipinski definition) is 2. The number of piperidine rings is 1. The van der Waals surface area contributed by atoms with Gasteiger partial charge in [0.1, 0.15) is 0 Å². The topological polar surface area (TPSA) is 27.3 Å². The Kier molecular flexibility index (Phi) is 4.41. The summed E-state index contributed by atoms with van der Waals surface area (Å²) in [6.45, 7) is 3.55. The van der Waals surface area contributed by atoms with Crippen LogP contribution in [0.1, 0.15) is 32.1 Å². The van der Waals surface area contributed by atoms with Crippen molar-refractivity contribution in [2.24, 2.45) is 5.92 Å². The third-order valence-corrected chi connectivity index (χ3v) is 3.85. The normalized spacial score (nSPS) is 23.1. The maximum Gasteiger partial charge on any atom is 0.166 e. The van der Waals surface area contributed by atoms with Gasteiger partial charge < -0.3 is 15.5 Å². The molecule has 0 unspecified atom stereocenters. The molecule has 0 aromatic rings. The van der Waals surface area contributed by atoms with Gasteiger partial charge in [-0.1, -0.05) is 0 Å². The van der Waals surface area contributed by atoms with Gasteiger partial charge in [-0.15, -0.1) is 0 Å². The Hall–Kier alpha value is -0.350. The predicted molar refractivity (Wildman–Crippen MR) is 71.6 cm³/mol. The highest BCUT2D eigenvalue weighted by Crippen LogP contribution is 2.19. The summed E-state index contributed by atoms with van der Waals surface area (Å²) in [7, 11) is 2.21. The van der Waals surface area contributed by atoms with Gasteiger partial charge in [-0.3, -0.25) is 0 Å². The third-order valence-electron chi connectivity index (χ3n) is 3.59. The van der Waals surface area contributed by atoms with Crippen LogP contribution in [0, 0.1) is 5.92 Å². The van der Waals surface area contributed by atoms with Crippen LogP contribution in [0.15, 0.2) is 0 Å². The minimum absolute atomic E-state index is 0.670. The molecule has 1 heterocycles. The second-order valence-electron chi connectivity index (χ2n) is 5.21. The van der Waals surface area contributed by atoms with Crippen LogP contribution in [-0.2, 0) is 0 Å². The van der Waals surface area contributed by atoms with Gasteiger partial charge >= 0.3 is 0 Å². The molecule has 0 aromatic carbocycles. The van der Waals surface area contributed by atoms with Crippen LogP contribution in [0.5, 0.6) is 0 Å². The van der Waals surface area contributed by atoms with E-state index in [1.165, 1.54) is 45.2 Å². The Bertz CT molecular complexity index is 232. The minimum atomic E-state index is 0.670. The molecule has 4 heteroatoms. The molecule has 0 spiro atoms. The lowest BCUT2D eigenvalue weighted by atomic mass is 9.94. The van der Waals surface area contributed by atoms with Crippen molar-refractivity contribution >= 4 is 17.3 Å². The highest BCUT2D eigenvalue weighted by Gasteiger charge is 2.21. The van der Waals surface area contributed by atoms with Crippen molar-refractivity contribution in [1.82, 2.24) is 15.5 Å². The third kappa shape index (κ3) is 4.26. The summed E-state index contributed by atoms with van der Waals surface area (Å²) in [5, 5.41) is 7.49. The number of rotatable bonds is 4. The molecule has 0 amide bonds. The zero-order valence-corrected chi connectivity index (χ0v) is 11.0. The van der Waals surface area contributed by atoms with E-state index in [4.69, 9.17) is 12.2 Å². The van der Waals surface area contributed by atoms with E-state index >= 15 is 0 Å². The Morgan fingerprint density at radius 2 is 1.94 bits per heavy atom. The Morgan fingerprint density at radius 1 is 1.25 bits per heavy atom. The van der Waals surface area contributed by atoms with Crippen molar-refractivity contribution in [1.29, 1.82) is 0 Å². The standard InChI is InChI=1S/C12H23N3S/c1-15-8-5-10(6-9-15)4-7-13-12(16)14-11-2-3-11/h10-11H,2-9H2,1H3,(H2,13,14,16). The smallest absolute Gasteiger partial charge is 0.166 e. The Labute approximate surface area is 104 Å². The first-order chi connectivity index (χ1) is 7.74. The first kappa shape index (κ1) is 12.1. The second kappa shape index (κ2) is 5.82. The van der Waals surface area contributed by atoms with E-state index in [-0.39, 0.29) is 0 Å². The number of hydrogen-bond acceptors (Lipinski definition) is 2. The molecule has 2 rings (SSSR count). The largest absolute Gasteiger partial charge is 0.363 e. The van der Waals surface area contributed by atoms with Crippen LogP contribution in [-0.4, -0.2) is 42.7 Å². The molecule has 1 aliphatic carbocycles. The van der Waals surface area contributed by atoms with Gasteiger partial charge in [0.05, 0.1) is 0 Å². The second-order valence-corrected chi connectivity index (χ2v) is 5.62. The summed E-state index contributed by atoms with van der Waals surface area (Å²) < 4.78 is 0. The van der Waals surface area contributed by atoms with Crippen LogP contribution in [0.3, 0.4) is 0 Å². The molecule has 0 radical (unpaired) electrons. The van der Waals surface area contributed by atoms with E-state index in [9.17, 15) is 0 Å². The number of nitrogens with zero attached hydrogens (tertiary/aromatic N) is 1. The predicted octanol–water partition coefficient (Wildman–Crippen LogP) is 1.34. The van der Waals surface area contributed by atoms with Crippen molar-refractivity contribution in [2.45, 2.75) is 38.1 Å². The van der Waals surface area contributed by atoms with Crippen LogP contribution >= 0.6 is 12.2 Å². The molecule has 0 aromatic heterocycles. The number of nitrogens with one attached hydrogen (secondary N) is 2. The van der Waals surface area contributed by atoms with E-state index in [1.807, 2.05) is 0 Å². The van der Waals surface area contributed by atoms with E-state index in [2.05, 4.69) is 22.6 Å². The molecule has 1 saturated heterocycles. The molecule has 92 valence electrons. The van der Waals surface area contributed by atoms with Gasteiger partial charge in [-0.05, 0) is 70.4 Å². The maximum absolute atomic E-state index is 5.23. The lowest BCUT2D eigenvalue weighted by Gasteiger charge is -2.29. The molecule has 2 N–H and O–H groups in total. The fraction of sp³-hybridized carbons (Fsp3) is 0.917. The Morgan fingerprint density at radius 3 is 2.56 bits per heavy atom. The van der Waals surface area contributed by atoms with Gasteiger partial charge in [0.15, 0.2) is 5.11 Å². The lowest BCUT2D eigenvalue weighted by molar-refractivity contribution is 0.213. The highest BCUT2D eigenvalue weighted by atomic mass is 32.1. The number of thiocarbonyl (C=S) groups is 1. The van der Waals surface area contributed by atoms with E-state index in [0.29, 0.717) is 6.04 Å². The van der Waals surface area contributed by atoms with Gasteiger partial charge in [0.25, 0.3) is 0 Å². The zero-order chi connectivity index (χ0) is 11.4. The maximum atomic E-state index is 5.23. The zero-order valence-electron chi connectivity index (χ0n) is 10.2. The van der Waals surface area contributed by atoms with Crippen LogP contribution in [0.4, 0.5) is 0 Å². The average Bonchev–Trinajstić information content (AvgIpc) is 3.05. The van der Waals surface area contributed by atoms with Crippen molar-refractivity contribution in [3.05, 3.63) is 0 Å². The first-order valence-electron chi connectivity index (χ1n) is 6.47. The average molecular weight is 241 g/mol. The summed E-state index contributed by atoms with van der Waals surface area (Å²) in [5.41, 5.74) is 0. The summed E-state index contributed by atoms with van der Waals surface area (Å²) >= 11 is 5.23. The van der Waals surface area contributed by atoms with E-state index in [1.54, 1.807) is 0 Å². The molecular formula is C12H23N3S. The lowest BCUT2D eigenvalue weighted by Crippen LogP contribution is -2.38. The fourth-order valence-corrected chi connectivity index (χ4v) is 2.47. The summed E-state index contributed by atoms with van der Waals surface area (Å²) in [6, 6.07) is 0.670. The monoisotopic (exact) mass is 241 g/mol. The molecule has 1 aliphatic heterocycles. The Balaban J connectivity index is 1.51. The minimum Gasteiger partial charge on any atom is -0.363 e. The van der Waals surface area contributed by atoms with Crippen LogP contribution in [0.2, 0.25) is 0 Å². The van der Waals surface area contributed by atoms with Crippen LogP contribution < -0.4 is 10.6 Å². The highest BCUT2D eigenvalue weighted by molar-refractivity contribution is 7.80. The molecule has 2 aliphatic rings. The first-order valence-corrected chi connectivity index (χ1v) is 6.88. The molecule has 0 atom stereocenters. The SMILES string of the molecule is CN1CCC(CCNC(=S)NC2CC2)CC1. The van der Waals surface area contributed by atoms with Crippen molar-refractivity contribution < 1.29 is 0 Å². The molecule has 0 bridgehead atoms. The van der Waals surface area contributed by atoms with Gasteiger partial charge in [0, 0.05) is 12.6 Å². The van der Waals surface area contributed by atoms with Crippen molar-refractivity contribution in [3.8, 4) is 0 Å². The van der Waals surface area contributed by atoms with Gasteiger partial charge in [-0.25, -0.2) is 0 Å². The van der Waals surface area contributed by atoms with Gasteiger partial charge in [0.2, 0.25) is 0 Å². The van der Waals surface area contributed by atoms with Crippen molar-refractivity contribution in [3.63, 3.8) is 0 Å². The molecule has 1 saturated carbocycles.